The molecule has 1 fully saturated rings. The van der Waals surface area contributed by atoms with E-state index in [1.807, 2.05) is 0 Å². The first-order chi connectivity index (χ1) is 9.88. The van der Waals surface area contributed by atoms with Gasteiger partial charge in [0.1, 0.15) is 5.56 Å². The van der Waals surface area contributed by atoms with Gasteiger partial charge in [0.25, 0.3) is 11.6 Å². The fraction of sp³-hybridized carbons (Fsp3) is 0.462. The van der Waals surface area contributed by atoms with Gasteiger partial charge in [-0.3, -0.25) is 14.9 Å². The van der Waals surface area contributed by atoms with E-state index >= 15 is 0 Å². The van der Waals surface area contributed by atoms with E-state index in [0.29, 0.717) is 17.0 Å². The largest absolute Gasteiger partial charge is 0.349 e. The molecule has 114 valence electrons. The van der Waals surface area contributed by atoms with Crippen molar-refractivity contribution in [2.24, 2.45) is 0 Å². The summed E-state index contributed by atoms with van der Waals surface area (Å²) in [4.78, 5) is 22.4. The molecule has 5 nitrogen and oxygen atoms in total. The van der Waals surface area contributed by atoms with Crippen LogP contribution >= 0.6 is 15.9 Å². The van der Waals surface area contributed by atoms with Crippen LogP contribution in [0.15, 0.2) is 12.1 Å². The molecule has 21 heavy (non-hydrogen) atoms. The second-order valence-corrected chi connectivity index (χ2v) is 6.26. The average molecular weight is 363 g/mol. The first-order valence-electron chi connectivity index (χ1n) is 6.47. The Labute approximate surface area is 128 Å². The molecule has 1 saturated carbocycles. The Hall–Kier alpha value is -1.57. The van der Waals surface area contributed by atoms with Crippen LogP contribution in [0, 0.1) is 21.7 Å². The molecular formula is C13H13BrF2N2O3. The van der Waals surface area contributed by atoms with Crippen molar-refractivity contribution in [2.45, 2.75) is 36.6 Å². The first-order valence-corrected chi connectivity index (χ1v) is 7.38. The molecule has 0 aliphatic heterocycles. The number of hydrogen-bond donors (Lipinski definition) is 1. The van der Waals surface area contributed by atoms with Crippen molar-refractivity contribution in [3.05, 3.63) is 39.4 Å². The summed E-state index contributed by atoms with van der Waals surface area (Å²) in [5.74, 6) is -3.38. The SMILES string of the molecule is O=C(NC1CCC(Br)CC1)c1cc(F)c(F)cc1[N+](=O)[O-]. The molecule has 2 rings (SSSR count). The quantitative estimate of drug-likeness (QED) is 0.509. The second kappa shape index (κ2) is 6.46. The molecule has 0 aromatic heterocycles. The zero-order chi connectivity index (χ0) is 15.6. The number of benzene rings is 1. The van der Waals surface area contributed by atoms with E-state index in [9.17, 15) is 23.7 Å². The highest BCUT2D eigenvalue weighted by Gasteiger charge is 2.27. The van der Waals surface area contributed by atoms with Gasteiger partial charge in [-0.2, -0.15) is 0 Å². The molecule has 0 saturated heterocycles. The summed E-state index contributed by atoms with van der Waals surface area (Å²) in [5, 5.41) is 13.5. The molecule has 1 aromatic carbocycles. The van der Waals surface area contributed by atoms with E-state index in [4.69, 9.17) is 0 Å². The van der Waals surface area contributed by atoms with Crippen molar-refractivity contribution in [1.29, 1.82) is 0 Å². The third-order valence-corrected chi connectivity index (χ3v) is 4.39. The minimum atomic E-state index is -1.35. The van der Waals surface area contributed by atoms with Gasteiger partial charge in [0.2, 0.25) is 0 Å². The molecule has 0 heterocycles. The summed E-state index contributed by atoms with van der Waals surface area (Å²) in [7, 11) is 0. The van der Waals surface area contributed by atoms with Gasteiger partial charge in [-0.1, -0.05) is 15.9 Å². The van der Waals surface area contributed by atoms with E-state index in [-0.39, 0.29) is 6.04 Å². The van der Waals surface area contributed by atoms with Gasteiger partial charge < -0.3 is 5.32 Å². The minimum absolute atomic E-state index is 0.112. The molecule has 1 aliphatic rings. The van der Waals surface area contributed by atoms with Crippen LogP contribution in [0.2, 0.25) is 0 Å². The first kappa shape index (κ1) is 15.8. The van der Waals surface area contributed by atoms with Crippen LogP contribution in [-0.2, 0) is 0 Å². The maximum Gasteiger partial charge on any atom is 0.285 e. The smallest absolute Gasteiger partial charge is 0.285 e. The summed E-state index contributed by atoms with van der Waals surface area (Å²) >= 11 is 3.48. The standard InChI is InChI=1S/C13H13BrF2N2O3/c14-7-1-3-8(4-2-7)17-13(19)9-5-10(15)11(16)6-12(9)18(20)21/h5-8H,1-4H2,(H,17,19). The number of nitro groups is 1. The van der Waals surface area contributed by atoms with Gasteiger partial charge in [0.15, 0.2) is 11.6 Å². The van der Waals surface area contributed by atoms with Crippen molar-refractivity contribution < 1.29 is 18.5 Å². The molecule has 0 spiro atoms. The zero-order valence-electron chi connectivity index (χ0n) is 10.9. The van der Waals surface area contributed by atoms with Crippen molar-refractivity contribution in [1.82, 2.24) is 5.32 Å². The average Bonchev–Trinajstić information content (AvgIpc) is 2.43. The topological polar surface area (TPSA) is 72.2 Å². The molecule has 0 radical (unpaired) electrons. The van der Waals surface area contributed by atoms with E-state index in [0.717, 1.165) is 25.7 Å². The predicted molar refractivity (Wildman–Crippen MR) is 75.4 cm³/mol. The highest BCUT2D eigenvalue weighted by atomic mass is 79.9. The Morgan fingerprint density at radius 3 is 2.38 bits per heavy atom. The zero-order valence-corrected chi connectivity index (χ0v) is 12.5. The van der Waals surface area contributed by atoms with Crippen LogP contribution in [0.5, 0.6) is 0 Å². The summed E-state index contributed by atoms with van der Waals surface area (Å²) in [5.41, 5.74) is -1.19. The Morgan fingerprint density at radius 2 is 1.81 bits per heavy atom. The third kappa shape index (κ3) is 3.75. The van der Waals surface area contributed by atoms with Gasteiger partial charge in [-0.25, -0.2) is 8.78 Å². The van der Waals surface area contributed by atoms with Gasteiger partial charge in [0, 0.05) is 10.9 Å². The van der Waals surface area contributed by atoms with E-state index in [1.165, 1.54) is 0 Å². The van der Waals surface area contributed by atoms with Crippen LogP contribution in [0.4, 0.5) is 14.5 Å². The van der Waals surface area contributed by atoms with E-state index < -0.39 is 33.7 Å². The number of alkyl halides is 1. The van der Waals surface area contributed by atoms with Gasteiger partial charge in [0.05, 0.1) is 11.0 Å². The van der Waals surface area contributed by atoms with Gasteiger partial charge >= 0.3 is 0 Å². The fourth-order valence-electron chi connectivity index (χ4n) is 2.33. The number of hydrogen-bond acceptors (Lipinski definition) is 3. The van der Waals surface area contributed by atoms with E-state index in [1.54, 1.807) is 0 Å². The number of nitro benzene ring substituents is 1. The van der Waals surface area contributed by atoms with Crippen molar-refractivity contribution in [3.8, 4) is 0 Å². The molecule has 1 aromatic rings. The molecule has 0 bridgehead atoms. The lowest BCUT2D eigenvalue weighted by molar-refractivity contribution is -0.385. The lowest BCUT2D eigenvalue weighted by Crippen LogP contribution is -2.38. The Bertz CT molecular complexity index is 575. The monoisotopic (exact) mass is 362 g/mol. The van der Waals surface area contributed by atoms with E-state index in [2.05, 4.69) is 21.2 Å². The van der Waals surface area contributed by atoms with Crippen molar-refractivity contribution >= 4 is 27.5 Å². The molecule has 0 unspecified atom stereocenters. The number of nitrogens with zero attached hydrogens (tertiary/aromatic N) is 1. The number of nitrogens with one attached hydrogen (secondary N) is 1. The maximum absolute atomic E-state index is 13.2. The van der Waals surface area contributed by atoms with Crippen molar-refractivity contribution in [2.75, 3.05) is 0 Å². The summed E-state index contributed by atoms with van der Waals surface area (Å²) in [6.07, 6.45) is 3.23. The number of amides is 1. The second-order valence-electron chi connectivity index (χ2n) is 4.96. The molecule has 1 amide bonds. The lowest BCUT2D eigenvalue weighted by atomic mass is 9.95. The molecular weight excluding hydrogens is 350 g/mol. The highest BCUT2D eigenvalue weighted by Crippen LogP contribution is 2.26. The van der Waals surface area contributed by atoms with Gasteiger partial charge in [-0.15, -0.1) is 0 Å². The number of carbonyl (C=O) groups excluding carboxylic acids is 1. The Kier molecular flexibility index (Phi) is 4.87. The highest BCUT2D eigenvalue weighted by molar-refractivity contribution is 9.09. The molecule has 1 N–H and O–H groups in total. The normalized spacial score (nSPS) is 21.9. The fourth-order valence-corrected chi connectivity index (χ4v) is 2.86. The summed E-state index contributed by atoms with van der Waals surface area (Å²) in [6.45, 7) is 0. The molecule has 0 atom stereocenters. The Balaban J connectivity index is 2.18. The Morgan fingerprint density at radius 1 is 1.24 bits per heavy atom. The number of halogens is 3. The molecule has 8 heteroatoms. The van der Waals surface area contributed by atoms with Crippen LogP contribution in [0.25, 0.3) is 0 Å². The predicted octanol–water partition coefficient (Wildman–Crippen LogP) is 3.31. The van der Waals surface area contributed by atoms with Crippen LogP contribution in [0.3, 0.4) is 0 Å². The van der Waals surface area contributed by atoms with Crippen LogP contribution in [0.1, 0.15) is 36.0 Å². The summed E-state index contributed by atoms with van der Waals surface area (Å²) < 4.78 is 26.3. The lowest BCUT2D eigenvalue weighted by Gasteiger charge is -2.26. The third-order valence-electron chi connectivity index (χ3n) is 3.47. The molecule has 1 aliphatic carbocycles. The van der Waals surface area contributed by atoms with Crippen LogP contribution < -0.4 is 5.32 Å². The van der Waals surface area contributed by atoms with Crippen LogP contribution in [-0.4, -0.2) is 21.7 Å². The minimum Gasteiger partial charge on any atom is -0.349 e. The number of rotatable bonds is 3. The maximum atomic E-state index is 13.2. The van der Waals surface area contributed by atoms with Crippen molar-refractivity contribution in [3.63, 3.8) is 0 Å². The summed E-state index contributed by atoms with van der Waals surface area (Å²) in [6, 6.07) is 0.887. The van der Waals surface area contributed by atoms with Gasteiger partial charge in [-0.05, 0) is 31.7 Å². The number of carbonyl (C=O) groups is 1.